The van der Waals surface area contributed by atoms with Crippen LogP contribution in [0.25, 0.3) is 5.52 Å². The van der Waals surface area contributed by atoms with Gasteiger partial charge in [-0.1, -0.05) is 13.0 Å². The smallest absolute Gasteiger partial charge is 0.224 e. The molecule has 2 aromatic rings. The third kappa shape index (κ3) is 2.19. The van der Waals surface area contributed by atoms with E-state index >= 15 is 0 Å². The Morgan fingerprint density at radius 2 is 2.19 bits per heavy atom. The van der Waals surface area contributed by atoms with Crippen LogP contribution < -0.4 is 10.6 Å². The van der Waals surface area contributed by atoms with Gasteiger partial charge in [-0.25, -0.2) is 4.98 Å². The molecule has 138 valence electrons. The van der Waals surface area contributed by atoms with E-state index in [-0.39, 0.29) is 17.2 Å². The monoisotopic (exact) mass is 352 g/mol. The Labute approximate surface area is 154 Å². The van der Waals surface area contributed by atoms with E-state index in [0.717, 1.165) is 18.9 Å². The highest BCUT2D eigenvalue weighted by atomic mass is 16.2. The molecule has 2 aliphatic carbocycles. The van der Waals surface area contributed by atoms with Crippen LogP contribution in [0.3, 0.4) is 0 Å². The van der Waals surface area contributed by atoms with Gasteiger partial charge in [-0.05, 0) is 63.1 Å². The van der Waals surface area contributed by atoms with E-state index in [2.05, 4.69) is 61.1 Å². The summed E-state index contributed by atoms with van der Waals surface area (Å²) in [6, 6.07) is 4.22. The minimum absolute atomic E-state index is 0.138. The summed E-state index contributed by atoms with van der Waals surface area (Å²) in [6.07, 6.45) is 4.53. The van der Waals surface area contributed by atoms with Crippen LogP contribution in [0.2, 0.25) is 0 Å². The van der Waals surface area contributed by atoms with Crippen LogP contribution in [0.1, 0.15) is 56.6 Å². The zero-order valence-corrected chi connectivity index (χ0v) is 16.1. The molecule has 0 bridgehead atoms. The number of aromatic nitrogens is 2. The maximum atomic E-state index is 13.0. The molecule has 0 spiro atoms. The number of carbonyl (C=O) groups excluding carboxylic acids is 1. The number of fused-ring (bicyclic) bond motifs is 2. The number of hydrogen-bond donors (Lipinski definition) is 2. The molecule has 3 fully saturated rings. The summed E-state index contributed by atoms with van der Waals surface area (Å²) >= 11 is 0. The third-order valence-electron chi connectivity index (χ3n) is 6.86. The molecule has 3 atom stereocenters. The first kappa shape index (κ1) is 16.3. The largest absolute Gasteiger partial charge is 0.344 e. The number of nitrogens with one attached hydrogen (secondary N) is 2. The van der Waals surface area contributed by atoms with Crippen molar-refractivity contribution < 1.29 is 4.79 Å². The molecule has 2 saturated carbocycles. The van der Waals surface area contributed by atoms with Gasteiger partial charge >= 0.3 is 0 Å². The Bertz CT molecular complexity index is 910. The predicted octanol–water partition coefficient (Wildman–Crippen LogP) is 2.73. The van der Waals surface area contributed by atoms with Crippen molar-refractivity contribution in [1.29, 1.82) is 0 Å². The first-order valence-corrected chi connectivity index (χ1v) is 9.84. The van der Waals surface area contributed by atoms with Crippen molar-refractivity contribution in [2.45, 2.75) is 52.0 Å². The van der Waals surface area contributed by atoms with Gasteiger partial charge in [0.25, 0.3) is 0 Å². The van der Waals surface area contributed by atoms with Gasteiger partial charge in [0.1, 0.15) is 5.82 Å². The summed E-state index contributed by atoms with van der Waals surface area (Å²) in [4.78, 5) is 18.0. The number of nitrogens with zero attached hydrogens (tertiary/aromatic N) is 2. The molecule has 0 radical (unpaired) electrons. The Balaban J connectivity index is 1.49. The quantitative estimate of drug-likeness (QED) is 0.889. The zero-order valence-electron chi connectivity index (χ0n) is 16.1. The number of rotatable bonds is 4. The van der Waals surface area contributed by atoms with E-state index in [1.165, 1.54) is 29.6 Å². The summed E-state index contributed by atoms with van der Waals surface area (Å²) in [5.41, 5.74) is 3.34. The zero-order chi connectivity index (χ0) is 18.3. The van der Waals surface area contributed by atoms with Crippen LogP contribution in [0.4, 0.5) is 0 Å². The van der Waals surface area contributed by atoms with E-state index in [0.29, 0.717) is 11.8 Å². The topological polar surface area (TPSA) is 58.4 Å². The lowest BCUT2D eigenvalue weighted by Crippen LogP contribution is -2.44. The lowest BCUT2D eigenvalue weighted by atomic mass is 10.0. The molecule has 26 heavy (non-hydrogen) atoms. The molecule has 1 aliphatic heterocycles. The minimum Gasteiger partial charge on any atom is -0.344 e. The molecule has 5 rings (SSSR count). The maximum absolute atomic E-state index is 13.0. The number of hydrogen-bond acceptors (Lipinski definition) is 3. The van der Waals surface area contributed by atoms with Crippen LogP contribution in [0.5, 0.6) is 0 Å². The lowest BCUT2D eigenvalue weighted by molar-refractivity contribution is -0.125. The fraction of sp³-hybridized carbons (Fsp3) is 0.619. The van der Waals surface area contributed by atoms with Crippen LogP contribution in [-0.4, -0.2) is 28.4 Å². The van der Waals surface area contributed by atoms with Gasteiger partial charge < -0.3 is 15.0 Å². The maximum Gasteiger partial charge on any atom is 0.224 e. The molecule has 1 saturated heterocycles. The van der Waals surface area contributed by atoms with Crippen molar-refractivity contribution in [2.24, 2.45) is 17.3 Å². The Hall–Kier alpha value is -1.88. The van der Waals surface area contributed by atoms with Crippen molar-refractivity contribution in [3.63, 3.8) is 0 Å². The number of carbonyl (C=O) groups is 1. The van der Waals surface area contributed by atoms with Gasteiger partial charge in [0.2, 0.25) is 5.91 Å². The fourth-order valence-corrected chi connectivity index (χ4v) is 5.10. The first-order chi connectivity index (χ1) is 12.3. The van der Waals surface area contributed by atoms with E-state index in [4.69, 9.17) is 4.98 Å². The molecule has 5 heteroatoms. The lowest BCUT2D eigenvalue weighted by Gasteiger charge is -2.26. The normalized spacial score (nSPS) is 30.5. The number of pyridine rings is 1. The minimum atomic E-state index is -0.498. The molecule has 2 aromatic heterocycles. The molecule has 0 aromatic carbocycles. The summed E-state index contributed by atoms with van der Waals surface area (Å²) in [5, 5.41) is 6.72. The Kier molecular flexibility index (Phi) is 3.20. The Morgan fingerprint density at radius 3 is 2.85 bits per heavy atom. The number of amides is 1. The highest BCUT2D eigenvalue weighted by Gasteiger charge is 2.67. The molecular formula is C21H28N4O. The molecular weight excluding hydrogens is 324 g/mol. The van der Waals surface area contributed by atoms with Gasteiger partial charge in [-0.2, -0.15) is 0 Å². The molecule has 2 N–H and O–H groups in total. The predicted molar refractivity (Wildman–Crippen MR) is 101 cm³/mol. The van der Waals surface area contributed by atoms with Crippen molar-refractivity contribution in [2.75, 3.05) is 13.1 Å². The highest BCUT2D eigenvalue weighted by Crippen LogP contribution is 2.60. The van der Waals surface area contributed by atoms with Gasteiger partial charge in [-0.3, -0.25) is 4.79 Å². The van der Waals surface area contributed by atoms with Gasteiger partial charge in [0.05, 0.1) is 16.7 Å². The van der Waals surface area contributed by atoms with E-state index < -0.39 is 5.54 Å². The molecule has 5 nitrogen and oxygen atoms in total. The number of aryl methyl sites for hydroxylation is 1. The molecule has 1 amide bonds. The van der Waals surface area contributed by atoms with Crippen LogP contribution in [0, 0.1) is 24.2 Å². The average Bonchev–Trinajstić information content (AvgIpc) is 3.42. The van der Waals surface area contributed by atoms with E-state index in [1.807, 2.05) is 0 Å². The van der Waals surface area contributed by atoms with Crippen molar-refractivity contribution in [3.8, 4) is 0 Å². The highest BCUT2D eigenvalue weighted by molar-refractivity contribution is 5.84. The van der Waals surface area contributed by atoms with Gasteiger partial charge in [-0.15, -0.1) is 0 Å². The second kappa shape index (κ2) is 5.10. The van der Waals surface area contributed by atoms with Crippen LogP contribution in [0.15, 0.2) is 18.3 Å². The fourth-order valence-electron chi connectivity index (χ4n) is 5.10. The Morgan fingerprint density at radius 1 is 1.42 bits per heavy atom. The summed E-state index contributed by atoms with van der Waals surface area (Å²) in [6.45, 7) is 10.5. The van der Waals surface area contributed by atoms with Crippen molar-refractivity contribution in [3.05, 3.63) is 35.4 Å². The number of piperidine rings is 1. The molecule has 0 unspecified atom stereocenters. The summed E-state index contributed by atoms with van der Waals surface area (Å²) in [7, 11) is 0. The van der Waals surface area contributed by atoms with Crippen LogP contribution >= 0.6 is 0 Å². The average molecular weight is 352 g/mol. The SMILES string of the molecule is Cc1cccn2c(C(C)(C)NC(=O)[C@@H]3[C@H]4CNC[C@]43C)nc(C3CC3)c12. The standard InChI is InChI=1S/C21H28N4O/c1-12-6-5-9-25-17(12)16(13-7-8-13)23-19(25)20(2,3)24-18(26)15-14-10-22-11-21(14,15)4/h5-6,9,13-15,22H,7-8,10-11H2,1-4H3,(H,24,26)/t14-,15+,21-/m1/s1. The first-order valence-electron chi connectivity index (χ1n) is 9.84. The van der Waals surface area contributed by atoms with E-state index in [1.54, 1.807) is 0 Å². The second-order valence-electron chi connectivity index (χ2n) is 9.34. The van der Waals surface area contributed by atoms with Gasteiger partial charge in [0.15, 0.2) is 0 Å². The van der Waals surface area contributed by atoms with E-state index in [9.17, 15) is 4.79 Å². The second-order valence-corrected chi connectivity index (χ2v) is 9.34. The van der Waals surface area contributed by atoms with Gasteiger partial charge in [0, 0.05) is 24.6 Å². The molecule has 3 aliphatic rings. The molecule has 3 heterocycles. The summed E-state index contributed by atoms with van der Waals surface area (Å²) < 4.78 is 2.19. The van der Waals surface area contributed by atoms with Crippen molar-refractivity contribution in [1.82, 2.24) is 20.0 Å². The third-order valence-corrected chi connectivity index (χ3v) is 6.86. The summed E-state index contributed by atoms with van der Waals surface area (Å²) in [5.74, 6) is 2.33. The number of imidazole rings is 1. The van der Waals surface area contributed by atoms with Crippen LogP contribution in [-0.2, 0) is 10.3 Å². The van der Waals surface area contributed by atoms with Crippen molar-refractivity contribution >= 4 is 11.4 Å².